The monoisotopic (exact) mass is 324 g/mol. The molecule has 0 saturated heterocycles. The normalized spacial score (nSPS) is 22.5. The fraction of sp³-hybridized carbons (Fsp3) is 0.562. The first-order chi connectivity index (χ1) is 10.9. The summed E-state index contributed by atoms with van der Waals surface area (Å²) in [4.78, 5) is 33.0. The van der Waals surface area contributed by atoms with Crippen molar-refractivity contribution in [3.63, 3.8) is 0 Å². The Morgan fingerprint density at radius 1 is 1.13 bits per heavy atom. The number of esters is 3. The molecule has 1 heterocycles. The van der Waals surface area contributed by atoms with Gasteiger partial charge in [0.1, 0.15) is 25.2 Å². The molecule has 1 aliphatic rings. The quantitative estimate of drug-likeness (QED) is 0.319. The maximum atomic E-state index is 11.1. The third kappa shape index (κ3) is 7.47. The molecule has 7 heteroatoms. The van der Waals surface area contributed by atoms with Crippen LogP contribution in [-0.4, -0.2) is 49.9 Å². The Kier molecular flexibility index (Phi) is 7.84. The molecule has 0 aliphatic carbocycles. The Bertz CT molecular complexity index is 526. The van der Waals surface area contributed by atoms with Crippen molar-refractivity contribution < 1.29 is 33.3 Å². The van der Waals surface area contributed by atoms with Crippen LogP contribution in [0.2, 0.25) is 0 Å². The van der Waals surface area contributed by atoms with Crippen LogP contribution in [0.25, 0.3) is 0 Å². The molecule has 0 saturated carbocycles. The minimum Gasteiger partial charge on any atom is -0.468 e. The molecule has 23 heavy (non-hydrogen) atoms. The summed E-state index contributed by atoms with van der Waals surface area (Å²) in [5, 5.41) is 0. The van der Waals surface area contributed by atoms with Gasteiger partial charge in [0.25, 0.3) is 0 Å². The van der Waals surface area contributed by atoms with E-state index in [0.717, 1.165) is 0 Å². The molecular formula is C16H20O7. The van der Waals surface area contributed by atoms with Crippen molar-refractivity contribution in [2.24, 2.45) is 0 Å². The summed E-state index contributed by atoms with van der Waals surface area (Å²) in [5.41, 5.74) is 0. The Labute approximate surface area is 134 Å². The van der Waals surface area contributed by atoms with E-state index in [1.54, 1.807) is 12.2 Å². The Morgan fingerprint density at radius 3 is 2.48 bits per heavy atom. The van der Waals surface area contributed by atoms with Gasteiger partial charge in [0.05, 0.1) is 13.2 Å². The van der Waals surface area contributed by atoms with Crippen LogP contribution < -0.4 is 0 Å². The van der Waals surface area contributed by atoms with Crippen molar-refractivity contribution in [2.75, 3.05) is 13.7 Å². The van der Waals surface area contributed by atoms with Crippen molar-refractivity contribution in [1.29, 1.82) is 0 Å². The third-order valence-corrected chi connectivity index (χ3v) is 2.87. The zero-order valence-electron chi connectivity index (χ0n) is 13.4. The Hall–Kier alpha value is -2.33. The van der Waals surface area contributed by atoms with Crippen LogP contribution in [-0.2, 0) is 33.3 Å². The number of carbonyl (C=O) groups excluding carboxylic acids is 3. The van der Waals surface area contributed by atoms with Gasteiger partial charge in [-0.25, -0.2) is 0 Å². The smallest absolute Gasteiger partial charge is 0.317 e. The molecule has 1 aliphatic heterocycles. The van der Waals surface area contributed by atoms with Gasteiger partial charge in [-0.2, -0.15) is 0 Å². The van der Waals surface area contributed by atoms with Gasteiger partial charge in [-0.15, -0.1) is 0 Å². The van der Waals surface area contributed by atoms with Crippen LogP contribution in [0, 0.1) is 11.8 Å². The molecule has 0 N–H and O–H groups in total. The molecule has 0 spiro atoms. The largest absolute Gasteiger partial charge is 0.468 e. The minimum atomic E-state index is -0.619. The van der Waals surface area contributed by atoms with Crippen molar-refractivity contribution in [3.05, 3.63) is 12.2 Å². The fourth-order valence-corrected chi connectivity index (χ4v) is 1.84. The number of hydrogen-bond acceptors (Lipinski definition) is 7. The number of carbonyl (C=O) groups is 3. The molecule has 1 rings (SSSR count). The first-order valence-electron chi connectivity index (χ1n) is 7.09. The van der Waals surface area contributed by atoms with Gasteiger partial charge < -0.3 is 18.9 Å². The average Bonchev–Trinajstić information content (AvgIpc) is 2.50. The zero-order chi connectivity index (χ0) is 17.2. The summed E-state index contributed by atoms with van der Waals surface area (Å²) < 4.78 is 20.2. The second-order valence-corrected chi connectivity index (χ2v) is 4.79. The van der Waals surface area contributed by atoms with Gasteiger partial charge in [0.15, 0.2) is 0 Å². The summed E-state index contributed by atoms with van der Waals surface area (Å²) in [5.74, 6) is 4.20. The van der Waals surface area contributed by atoms with E-state index in [4.69, 9.17) is 14.2 Å². The van der Waals surface area contributed by atoms with Crippen LogP contribution >= 0.6 is 0 Å². The molecule has 0 unspecified atom stereocenters. The average molecular weight is 324 g/mol. The topological polar surface area (TPSA) is 88.1 Å². The van der Waals surface area contributed by atoms with E-state index in [1.807, 2.05) is 0 Å². The lowest BCUT2D eigenvalue weighted by Crippen LogP contribution is -2.41. The highest BCUT2D eigenvalue weighted by Gasteiger charge is 2.30. The second-order valence-electron chi connectivity index (χ2n) is 4.79. The molecule has 0 fully saturated rings. The van der Waals surface area contributed by atoms with E-state index in [2.05, 4.69) is 16.6 Å². The molecule has 0 bridgehead atoms. The van der Waals surface area contributed by atoms with Gasteiger partial charge in [0, 0.05) is 20.3 Å². The number of hydrogen-bond donors (Lipinski definition) is 0. The zero-order valence-corrected chi connectivity index (χ0v) is 13.4. The molecule has 0 aromatic rings. The lowest BCUT2D eigenvalue weighted by atomic mass is 10.1. The van der Waals surface area contributed by atoms with E-state index in [9.17, 15) is 14.4 Å². The highest BCUT2D eigenvalue weighted by molar-refractivity contribution is 5.72. The molecule has 0 aromatic heterocycles. The minimum absolute atomic E-state index is 0.0138. The van der Waals surface area contributed by atoms with Crippen molar-refractivity contribution in [1.82, 2.24) is 0 Å². The first-order valence-corrected chi connectivity index (χ1v) is 7.09. The van der Waals surface area contributed by atoms with Crippen molar-refractivity contribution >= 4 is 17.9 Å². The highest BCUT2D eigenvalue weighted by atomic mass is 16.6. The lowest BCUT2D eigenvalue weighted by molar-refractivity contribution is -0.163. The molecule has 0 radical (unpaired) electrons. The first kappa shape index (κ1) is 18.7. The maximum absolute atomic E-state index is 11.1. The Balaban J connectivity index is 2.61. The van der Waals surface area contributed by atoms with E-state index in [-0.39, 0.29) is 19.1 Å². The van der Waals surface area contributed by atoms with Gasteiger partial charge >= 0.3 is 17.9 Å². The van der Waals surface area contributed by atoms with Gasteiger partial charge in [-0.05, 0) is 6.08 Å². The second kappa shape index (κ2) is 9.64. The van der Waals surface area contributed by atoms with Crippen LogP contribution in [0.1, 0.15) is 26.7 Å². The van der Waals surface area contributed by atoms with Gasteiger partial charge in [-0.1, -0.05) is 17.9 Å². The van der Waals surface area contributed by atoms with Crippen LogP contribution in [0.4, 0.5) is 0 Å². The number of ether oxygens (including phenoxy) is 4. The van der Waals surface area contributed by atoms with Crippen molar-refractivity contribution in [3.8, 4) is 11.8 Å². The molecule has 7 nitrogen and oxygen atoms in total. The molecule has 126 valence electrons. The number of methoxy groups -OCH3 is 1. The summed E-state index contributed by atoms with van der Waals surface area (Å²) in [6.07, 6.45) is 2.23. The van der Waals surface area contributed by atoms with Gasteiger partial charge in [0.2, 0.25) is 0 Å². The molecule has 0 aromatic carbocycles. The SMILES string of the molecule is COC(=O)CC#CC[C@@H]1C=C[C@H](OC(C)=O)[C@@H](COC(C)=O)O1. The van der Waals surface area contributed by atoms with Crippen LogP contribution in [0.3, 0.4) is 0 Å². The van der Waals surface area contributed by atoms with Crippen molar-refractivity contribution in [2.45, 2.75) is 45.0 Å². The summed E-state index contributed by atoms with van der Waals surface area (Å²) >= 11 is 0. The summed E-state index contributed by atoms with van der Waals surface area (Å²) in [6, 6.07) is 0. The maximum Gasteiger partial charge on any atom is 0.317 e. The lowest BCUT2D eigenvalue weighted by Gasteiger charge is -2.30. The summed E-state index contributed by atoms with van der Waals surface area (Å²) in [7, 11) is 1.30. The predicted molar refractivity (Wildman–Crippen MR) is 79.0 cm³/mol. The number of rotatable bonds is 5. The third-order valence-electron chi connectivity index (χ3n) is 2.87. The molecular weight excluding hydrogens is 304 g/mol. The summed E-state index contributed by atoms with van der Waals surface area (Å²) in [6.45, 7) is 2.56. The standard InChI is InChI=1S/C16H20O7/c1-11(17)21-10-15-14(22-12(2)18)9-8-13(23-15)6-4-5-7-16(19)20-3/h8-9,13-15H,6-7,10H2,1-3H3/t13-,14+,15-/m1/s1. The van der Waals surface area contributed by atoms with E-state index >= 15 is 0 Å². The van der Waals surface area contributed by atoms with Crippen LogP contribution in [0.5, 0.6) is 0 Å². The van der Waals surface area contributed by atoms with E-state index < -0.39 is 30.1 Å². The highest BCUT2D eigenvalue weighted by Crippen LogP contribution is 2.18. The predicted octanol–water partition coefficient (Wildman–Crippen LogP) is 0.761. The van der Waals surface area contributed by atoms with E-state index in [0.29, 0.717) is 6.42 Å². The van der Waals surface area contributed by atoms with Gasteiger partial charge in [-0.3, -0.25) is 14.4 Å². The van der Waals surface area contributed by atoms with Crippen LogP contribution in [0.15, 0.2) is 12.2 Å². The fourth-order valence-electron chi connectivity index (χ4n) is 1.84. The molecule has 3 atom stereocenters. The molecule has 0 amide bonds. The van der Waals surface area contributed by atoms with E-state index in [1.165, 1.54) is 21.0 Å². The Morgan fingerprint density at radius 2 is 1.87 bits per heavy atom.